The van der Waals surface area contributed by atoms with Gasteiger partial charge >= 0.3 is 0 Å². The molecule has 2 heteroatoms. The van der Waals surface area contributed by atoms with Crippen LogP contribution in [0.4, 0.5) is 0 Å². The molecule has 0 N–H and O–H groups in total. The first-order valence-corrected chi connectivity index (χ1v) is 14.4. The Labute approximate surface area is 258 Å². The van der Waals surface area contributed by atoms with Crippen molar-refractivity contribution in [2.45, 2.75) is 13.2 Å². The second-order valence-corrected chi connectivity index (χ2v) is 10.7. The van der Waals surface area contributed by atoms with E-state index in [0.717, 1.165) is 43.8 Å². The fourth-order valence-electron chi connectivity index (χ4n) is 6.38. The number of aromatic nitrogens is 2. The van der Waals surface area contributed by atoms with E-state index in [1.165, 1.54) is 11.1 Å². The molecule has 0 radical (unpaired) electrons. The lowest BCUT2D eigenvalue weighted by Gasteiger charge is -2.18. The largest absolute Gasteiger partial charge is 0.296 e. The minimum Gasteiger partial charge on any atom is -0.296 e. The van der Waals surface area contributed by atoms with Gasteiger partial charge in [0.25, 0.3) is 0 Å². The molecular formula is C41H30N2. The van der Waals surface area contributed by atoms with Gasteiger partial charge in [0, 0.05) is 18.9 Å². The molecule has 1 aromatic heterocycles. The van der Waals surface area contributed by atoms with Gasteiger partial charge in [-0.25, -0.2) is 4.98 Å². The van der Waals surface area contributed by atoms with Crippen LogP contribution in [0, 0.1) is 0 Å². The van der Waals surface area contributed by atoms with Gasteiger partial charge in [-0.3, -0.25) is 4.57 Å². The zero-order chi connectivity index (χ0) is 33.0. The van der Waals surface area contributed by atoms with Crippen molar-refractivity contribution in [3.05, 3.63) is 157 Å². The molecule has 0 spiro atoms. The predicted molar refractivity (Wildman–Crippen MR) is 182 cm³/mol. The Morgan fingerprint density at radius 2 is 1.09 bits per heavy atom. The normalized spacial score (nSPS) is 13.8. The summed E-state index contributed by atoms with van der Waals surface area (Å²) in [7, 11) is 0. The summed E-state index contributed by atoms with van der Waals surface area (Å²) >= 11 is 0. The highest BCUT2D eigenvalue weighted by atomic mass is 15.1. The topological polar surface area (TPSA) is 17.8 Å². The Hall–Kier alpha value is -5.47. The summed E-state index contributed by atoms with van der Waals surface area (Å²) in [4.78, 5) is 4.48. The summed E-state index contributed by atoms with van der Waals surface area (Å²) in [6, 6.07) is 51.3. The van der Waals surface area contributed by atoms with E-state index in [2.05, 4.69) is 102 Å². The van der Waals surface area contributed by atoms with Crippen LogP contribution in [-0.4, -0.2) is 9.55 Å². The molecule has 0 saturated heterocycles. The van der Waals surface area contributed by atoms with Crippen LogP contribution in [0.15, 0.2) is 152 Å². The van der Waals surface area contributed by atoms with Crippen molar-refractivity contribution >= 4 is 32.6 Å². The quantitative estimate of drug-likeness (QED) is 0.193. The highest BCUT2D eigenvalue weighted by molar-refractivity contribution is 6.21. The number of benzene rings is 7. The number of rotatable bonds is 5. The first kappa shape index (κ1) is 20.4. The van der Waals surface area contributed by atoms with E-state index in [4.69, 9.17) is 6.85 Å². The molecular weight excluding hydrogens is 520 g/mol. The van der Waals surface area contributed by atoms with Crippen molar-refractivity contribution in [2.75, 3.05) is 0 Å². The van der Waals surface area contributed by atoms with Crippen LogP contribution in [0.1, 0.15) is 19.5 Å². The van der Waals surface area contributed by atoms with Gasteiger partial charge in [-0.05, 0) is 85.3 Å². The highest BCUT2D eigenvalue weighted by Crippen LogP contribution is 2.44. The molecule has 7 aromatic carbocycles. The van der Waals surface area contributed by atoms with Gasteiger partial charge in [-0.15, -0.1) is 0 Å². The summed E-state index contributed by atoms with van der Waals surface area (Å²) in [6.45, 7) is -2.90. The molecule has 0 bridgehead atoms. The smallest absolute Gasteiger partial charge is 0.114 e. The Balaban J connectivity index is 1.32. The van der Waals surface area contributed by atoms with Gasteiger partial charge in [0.2, 0.25) is 0 Å². The standard InChI is InChI=1S/C41H30N2/c1-2-39-42-37-21-10-11-22-38(37)43(39)32-25-23-29(24-26-32)40-33-17-6-8-19-35(33)41(36-20-9-7-18-34(36)40)31-16-12-15-30(27-31)28-13-4-3-5-14-28/h3-27H,2H2,1H3/i1D3,2D2. The molecule has 0 amide bonds. The van der Waals surface area contributed by atoms with E-state index in [1.807, 2.05) is 48.5 Å². The third-order valence-electron chi connectivity index (χ3n) is 8.28. The maximum Gasteiger partial charge on any atom is 0.114 e. The fraction of sp³-hybridized carbons (Fsp3) is 0.0488. The van der Waals surface area contributed by atoms with E-state index in [0.29, 0.717) is 16.7 Å². The third kappa shape index (κ3) is 4.23. The van der Waals surface area contributed by atoms with E-state index in [9.17, 15) is 0 Å². The van der Waals surface area contributed by atoms with Crippen molar-refractivity contribution in [1.29, 1.82) is 0 Å². The van der Waals surface area contributed by atoms with Crippen molar-refractivity contribution < 1.29 is 6.85 Å². The van der Waals surface area contributed by atoms with Crippen LogP contribution in [0.5, 0.6) is 0 Å². The van der Waals surface area contributed by atoms with Crippen LogP contribution < -0.4 is 0 Å². The number of imidazole rings is 1. The summed E-state index contributed by atoms with van der Waals surface area (Å²) in [5.41, 5.74) is 8.58. The molecule has 8 rings (SSSR count). The summed E-state index contributed by atoms with van der Waals surface area (Å²) < 4.78 is 42.6. The first-order chi connectivity index (χ1) is 23.2. The molecule has 8 aromatic rings. The minimum atomic E-state index is -2.90. The summed E-state index contributed by atoms with van der Waals surface area (Å²) in [5.74, 6) is -0.144. The number of aryl methyl sites for hydroxylation is 1. The number of hydrogen-bond donors (Lipinski definition) is 0. The van der Waals surface area contributed by atoms with Gasteiger partial charge in [-0.1, -0.05) is 128 Å². The van der Waals surface area contributed by atoms with Crippen LogP contribution in [0.25, 0.3) is 71.6 Å². The highest BCUT2D eigenvalue weighted by Gasteiger charge is 2.17. The second-order valence-electron chi connectivity index (χ2n) is 10.7. The van der Waals surface area contributed by atoms with Crippen molar-refractivity contribution in [2.24, 2.45) is 0 Å². The van der Waals surface area contributed by atoms with E-state index < -0.39 is 13.2 Å². The molecule has 0 atom stereocenters. The second kappa shape index (κ2) is 10.4. The Morgan fingerprint density at radius 1 is 0.535 bits per heavy atom. The molecule has 0 aliphatic carbocycles. The van der Waals surface area contributed by atoms with E-state index in [-0.39, 0.29) is 5.82 Å². The molecule has 0 saturated carbocycles. The fourth-order valence-corrected chi connectivity index (χ4v) is 6.38. The SMILES string of the molecule is [2H]C([2H])([2H])C([2H])([2H])c1nc2ccccc2n1-c1ccc(-c2c3ccccc3c(-c3cccc(-c4ccccc4)c3)c3ccccc23)cc1. The van der Waals surface area contributed by atoms with Gasteiger partial charge in [0.15, 0.2) is 0 Å². The predicted octanol–water partition coefficient (Wildman–Crippen LogP) is 10.9. The Kier molecular flexibility index (Phi) is 4.95. The van der Waals surface area contributed by atoms with Gasteiger partial charge in [0.1, 0.15) is 5.82 Å². The minimum absolute atomic E-state index is 0.144. The maximum atomic E-state index is 8.57. The molecule has 204 valence electrons. The lowest BCUT2D eigenvalue weighted by Crippen LogP contribution is -2.00. The van der Waals surface area contributed by atoms with Crippen LogP contribution in [-0.2, 0) is 6.37 Å². The van der Waals surface area contributed by atoms with Crippen LogP contribution in [0.3, 0.4) is 0 Å². The monoisotopic (exact) mass is 555 g/mol. The lowest BCUT2D eigenvalue weighted by molar-refractivity contribution is 0.908. The summed E-state index contributed by atoms with van der Waals surface area (Å²) in [6.07, 6.45) is -2.66. The third-order valence-corrected chi connectivity index (χ3v) is 8.28. The first-order valence-electron chi connectivity index (χ1n) is 16.9. The molecule has 0 aliphatic rings. The zero-order valence-corrected chi connectivity index (χ0v) is 23.3. The van der Waals surface area contributed by atoms with Crippen molar-refractivity contribution in [1.82, 2.24) is 9.55 Å². The van der Waals surface area contributed by atoms with Gasteiger partial charge < -0.3 is 0 Å². The van der Waals surface area contributed by atoms with Crippen LogP contribution in [0.2, 0.25) is 0 Å². The van der Waals surface area contributed by atoms with E-state index in [1.54, 1.807) is 10.6 Å². The Bertz CT molecular complexity index is 2400. The zero-order valence-electron chi connectivity index (χ0n) is 28.3. The molecule has 0 aliphatic heterocycles. The number of fused-ring (bicyclic) bond motifs is 3. The average Bonchev–Trinajstić information content (AvgIpc) is 3.51. The number of nitrogens with zero attached hydrogens (tertiary/aromatic N) is 2. The molecule has 1 heterocycles. The lowest BCUT2D eigenvalue weighted by atomic mass is 9.85. The number of para-hydroxylation sites is 2. The van der Waals surface area contributed by atoms with Crippen molar-refractivity contribution in [3.8, 4) is 39.1 Å². The van der Waals surface area contributed by atoms with E-state index >= 15 is 0 Å². The summed E-state index contributed by atoms with van der Waals surface area (Å²) in [5, 5.41) is 4.54. The maximum absolute atomic E-state index is 8.57. The van der Waals surface area contributed by atoms with Crippen LogP contribution >= 0.6 is 0 Å². The van der Waals surface area contributed by atoms with Gasteiger partial charge in [0.05, 0.1) is 11.0 Å². The molecule has 0 unspecified atom stereocenters. The molecule has 0 fully saturated rings. The number of hydrogen-bond acceptors (Lipinski definition) is 1. The molecule has 43 heavy (non-hydrogen) atoms. The average molecular weight is 556 g/mol. The van der Waals surface area contributed by atoms with Crippen molar-refractivity contribution in [3.63, 3.8) is 0 Å². The van der Waals surface area contributed by atoms with Gasteiger partial charge in [-0.2, -0.15) is 0 Å². The Morgan fingerprint density at radius 3 is 1.77 bits per heavy atom. The molecule has 2 nitrogen and oxygen atoms in total.